The predicted molar refractivity (Wildman–Crippen MR) is 94.2 cm³/mol. The summed E-state index contributed by atoms with van der Waals surface area (Å²) in [6, 6.07) is 10.2. The highest BCUT2D eigenvalue weighted by Crippen LogP contribution is 2.30. The highest BCUT2D eigenvalue weighted by molar-refractivity contribution is 5.76. The third-order valence-corrected chi connectivity index (χ3v) is 5.07. The van der Waals surface area contributed by atoms with Crippen LogP contribution in [0, 0.1) is 0 Å². The van der Waals surface area contributed by atoms with Gasteiger partial charge in [-0.1, -0.05) is 35.5 Å². The number of amides is 1. The quantitative estimate of drug-likeness (QED) is 0.740. The zero-order valence-corrected chi connectivity index (χ0v) is 14.8. The van der Waals surface area contributed by atoms with Gasteiger partial charge in [-0.2, -0.15) is 0 Å². The van der Waals surface area contributed by atoms with Crippen LogP contribution in [-0.4, -0.2) is 51.6 Å². The fourth-order valence-electron chi connectivity index (χ4n) is 3.65. The molecule has 138 valence electrons. The van der Waals surface area contributed by atoms with E-state index in [1.54, 1.807) is 6.20 Å². The summed E-state index contributed by atoms with van der Waals surface area (Å²) >= 11 is 0. The number of rotatable bonds is 6. The van der Waals surface area contributed by atoms with Crippen LogP contribution in [0.5, 0.6) is 0 Å². The molecule has 1 aromatic heterocycles. The second-order valence-corrected chi connectivity index (χ2v) is 6.86. The molecule has 0 saturated carbocycles. The third kappa shape index (κ3) is 3.78. The molecule has 1 amide bonds. The maximum atomic E-state index is 12.5. The Morgan fingerprint density at radius 2 is 2.19 bits per heavy atom. The topological polar surface area (TPSA) is 69.5 Å². The van der Waals surface area contributed by atoms with Crippen molar-refractivity contribution in [3.8, 4) is 0 Å². The number of ether oxygens (including phenoxy) is 2. The first-order chi connectivity index (χ1) is 12.8. The minimum atomic E-state index is 0.0771. The lowest BCUT2D eigenvalue weighted by Crippen LogP contribution is -2.49. The first kappa shape index (κ1) is 17.2. The smallest absolute Gasteiger partial charge is 0.222 e. The predicted octanol–water partition coefficient (Wildman–Crippen LogP) is 1.95. The zero-order chi connectivity index (χ0) is 17.8. The summed E-state index contributed by atoms with van der Waals surface area (Å²) in [6.45, 7) is 3.13. The highest BCUT2D eigenvalue weighted by atomic mass is 16.5. The fourth-order valence-corrected chi connectivity index (χ4v) is 3.65. The van der Waals surface area contributed by atoms with E-state index in [4.69, 9.17) is 9.47 Å². The lowest BCUT2D eigenvalue weighted by molar-refractivity contribution is -0.138. The first-order valence-corrected chi connectivity index (χ1v) is 9.21. The Hall–Kier alpha value is -2.25. The van der Waals surface area contributed by atoms with Crippen molar-refractivity contribution in [3.05, 3.63) is 47.8 Å². The van der Waals surface area contributed by atoms with Gasteiger partial charge in [0.05, 0.1) is 37.3 Å². The molecule has 0 N–H and O–H groups in total. The van der Waals surface area contributed by atoms with Crippen LogP contribution in [0.1, 0.15) is 36.6 Å². The molecule has 26 heavy (non-hydrogen) atoms. The average molecular weight is 356 g/mol. The Morgan fingerprint density at radius 3 is 3.08 bits per heavy atom. The largest absolute Gasteiger partial charge is 0.377 e. The minimum Gasteiger partial charge on any atom is -0.377 e. The average Bonchev–Trinajstić information content (AvgIpc) is 3.17. The van der Waals surface area contributed by atoms with E-state index in [-0.39, 0.29) is 18.1 Å². The van der Waals surface area contributed by atoms with Gasteiger partial charge in [0.25, 0.3) is 0 Å². The van der Waals surface area contributed by atoms with Crippen molar-refractivity contribution in [1.29, 1.82) is 0 Å². The first-order valence-electron chi connectivity index (χ1n) is 9.21. The Morgan fingerprint density at radius 1 is 1.31 bits per heavy atom. The molecular weight excluding hydrogens is 332 g/mol. The highest BCUT2D eigenvalue weighted by Gasteiger charge is 2.37. The third-order valence-electron chi connectivity index (χ3n) is 5.07. The number of aromatic nitrogens is 3. The standard InChI is InChI=1S/C19H24N4O3/c24-19(7-4-10-25-13-15-5-2-1-3-6-15)22-9-8-18-17(12-22)23-16(14-26-18)11-20-21-23/h1-3,5-6,11,17-18H,4,7-10,12-14H2. The van der Waals surface area contributed by atoms with Gasteiger partial charge < -0.3 is 14.4 Å². The molecule has 0 radical (unpaired) electrons. The van der Waals surface area contributed by atoms with E-state index in [1.807, 2.05) is 39.9 Å². The van der Waals surface area contributed by atoms with Crippen molar-refractivity contribution in [2.24, 2.45) is 0 Å². The molecule has 0 spiro atoms. The Kier molecular flexibility index (Phi) is 5.26. The molecule has 2 unspecified atom stereocenters. The molecule has 7 nitrogen and oxygen atoms in total. The van der Waals surface area contributed by atoms with Crippen LogP contribution in [0.2, 0.25) is 0 Å². The molecule has 4 rings (SSSR count). The molecule has 2 aromatic rings. The number of carbonyl (C=O) groups is 1. The van der Waals surface area contributed by atoms with Gasteiger partial charge in [0.2, 0.25) is 5.91 Å². The molecule has 7 heteroatoms. The van der Waals surface area contributed by atoms with Crippen LogP contribution in [0.3, 0.4) is 0 Å². The fraction of sp³-hybridized carbons (Fsp3) is 0.526. The van der Waals surface area contributed by atoms with Crippen LogP contribution in [-0.2, 0) is 27.5 Å². The number of hydrogen-bond acceptors (Lipinski definition) is 5. The summed E-state index contributed by atoms with van der Waals surface area (Å²) in [7, 11) is 0. The van der Waals surface area contributed by atoms with Crippen molar-refractivity contribution in [3.63, 3.8) is 0 Å². The Balaban J connectivity index is 1.22. The molecule has 1 fully saturated rings. The van der Waals surface area contributed by atoms with Crippen molar-refractivity contribution in [1.82, 2.24) is 19.9 Å². The van der Waals surface area contributed by atoms with E-state index in [0.717, 1.165) is 30.6 Å². The van der Waals surface area contributed by atoms with Gasteiger partial charge in [0, 0.05) is 26.1 Å². The van der Waals surface area contributed by atoms with Crippen molar-refractivity contribution in [2.75, 3.05) is 19.7 Å². The van der Waals surface area contributed by atoms with E-state index in [1.165, 1.54) is 0 Å². The van der Waals surface area contributed by atoms with E-state index < -0.39 is 0 Å². The second kappa shape index (κ2) is 7.97. The summed E-state index contributed by atoms with van der Waals surface area (Å²) < 4.78 is 13.5. The van der Waals surface area contributed by atoms with E-state index in [0.29, 0.717) is 32.8 Å². The lowest BCUT2D eigenvalue weighted by atomic mass is 10.00. The lowest BCUT2D eigenvalue weighted by Gasteiger charge is -2.41. The van der Waals surface area contributed by atoms with Crippen LogP contribution >= 0.6 is 0 Å². The van der Waals surface area contributed by atoms with Crippen LogP contribution < -0.4 is 0 Å². The van der Waals surface area contributed by atoms with Crippen LogP contribution in [0.25, 0.3) is 0 Å². The van der Waals surface area contributed by atoms with Crippen molar-refractivity contribution >= 4 is 5.91 Å². The summed E-state index contributed by atoms with van der Waals surface area (Å²) in [4.78, 5) is 14.5. The summed E-state index contributed by atoms with van der Waals surface area (Å²) in [6.07, 6.45) is 3.96. The number of hydrogen-bond donors (Lipinski definition) is 0. The number of fused-ring (bicyclic) bond motifs is 3. The molecule has 2 aliphatic heterocycles. The molecule has 0 aliphatic carbocycles. The van der Waals surface area contributed by atoms with E-state index in [2.05, 4.69) is 10.3 Å². The molecule has 0 bridgehead atoms. The number of carbonyl (C=O) groups excluding carboxylic acids is 1. The number of benzene rings is 1. The SMILES string of the molecule is O=C(CCCOCc1ccccc1)N1CCC2OCc3cnnn3C2C1. The monoisotopic (exact) mass is 356 g/mol. The number of piperidine rings is 1. The van der Waals surface area contributed by atoms with Gasteiger partial charge >= 0.3 is 0 Å². The van der Waals surface area contributed by atoms with Gasteiger partial charge in [-0.05, 0) is 18.4 Å². The Labute approximate surface area is 152 Å². The van der Waals surface area contributed by atoms with E-state index >= 15 is 0 Å². The van der Waals surface area contributed by atoms with Crippen LogP contribution in [0.4, 0.5) is 0 Å². The van der Waals surface area contributed by atoms with Crippen molar-refractivity contribution in [2.45, 2.75) is 44.6 Å². The molecule has 2 aliphatic rings. The Bertz CT molecular complexity index is 733. The minimum absolute atomic E-state index is 0.0771. The molecular formula is C19H24N4O3. The second-order valence-electron chi connectivity index (χ2n) is 6.86. The van der Waals surface area contributed by atoms with Gasteiger partial charge in [0.15, 0.2) is 0 Å². The molecule has 1 saturated heterocycles. The normalized spacial score (nSPS) is 21.9. The molecule has 2 atom stereocenters. The van der Waals surface area contributed by atoms with Gasteiger partial charge in [-0.3, -0.25) is 4.79 Å². The summed E-state index contributed by atoms with van der Waals surface area (Å²) in [5, 5.41) is 8.15. The number of likely N-dealkylation sites (tertiary alicyclic amines) is 1. The molecule has 3 heterocycles. The summed E-state index contributed by atoms with van der Waals surface area (Å²) in [5.41, 5.74) is 2.14. The maximum Gasteiger partial charge on any atom is 0.222 e. The summed E-state index contributed by atoms with van der Waals surface area (Å²) in [5.74, 6) is 0.180. The zero-order valence-electron chi connectivity index (χ0n) is 14.8. The van der Waals surface area contributed by atoms with Gasteiger partial charge in [-0.15, -0.1) is 5.10 Å². The van der Waals surface area contributed by atoms with Crippen molar-refractivity contribution < 1.29 is 14.3 Å². The molecule has 1 aromatic carbocycles. The van der Waals surface area contributed by atoms with Gasteiger partial charge in [0.1, 0.15) is 0 Å². The van der Waals surface area contributed by atoms with E-state index in [9.17, 15) is 4.79 Å². The van der Waals surface area contributed by atoms with Crippen LogP contribution in [0.15, 0.2) is 36.5 Å². The number of nitrogens with zero attached hydrogens (tertiary/aromatic N) is 4. The maximum absolute atomic E-state index is 12.5. The van der Waals surface area contributed by atoms with Gasteiger partial charge in [-0.25, -0.2) is 4.68 Å².